The lowest BCUT2D eigenvalue weighted by molar-refractivity contribution is -0.441. The van der Waals surface area contributed by atoms with Crippen molar-refractivity contribution in [3.05, 3.63) is 54.5 Å². The van der Waals surface area contributed by atoms with Crippen molar-refractivity contribution < 1.29 is 80.1 Å². The molecule has 4 rings (SSSR count). The van der Waals surface area contributed by atoms with Crippen molar-refractivity contribution >= 4 is 0 Å². The average molecular weight is 788 g/mol. The van der Waals surface area contributed by atoms with Crippen LogP contribution in [0.25, 0.3) is 22.6 Å². The van der Waals surface area contributed by atoms with E-state index in [9.17, 15) is 57.1 Å². The Morgan fingerprint density at radius 2 is 1.25 bits per heavy atom. The highest BCUT2D eigenvalue weighted by molar-refractivity contribution is 5.64. The second-order valence-corrected chi connectivity index (χ2v) is 11.8. The molecular weight excluding hydrogens is 759 g/mol. The van der Waals surface area contributed by atoms with E-state index in [1.807, 2.05) is 0 Å². The molecule has 0 spiro atoms. The second kappa shape index (κ2) is 15.0. The molecule has 0 fully saturated rings. The Kier molecular flexibility index (Phi) is 11.8. The monoisotopic (exact) mass is 787 g/mol. The standard InChI is InChI=1S/C32H28F15N3O3/c1-2-3-12-51-13-4-5-14-52-20-8-6-18(7-9-20)19-16-48-25(49-17-19)21-10-11-22-24(50-21)27(35,36)23(53-22)15-26(33,34)28(37,38)29(39,40)30(41,42)31(43,44)32(45,46)47/h6-11,16-17,23H,2-5,12-15H2,1H3. The third-order valence-corrected chi connectivity index (χ3v) is 7.95. The molecule has 1 unspecified atom stereocenters. The molecule has 0 aliphatic carbocycles. The highest BCUT2D eigenvalue weighted by Crippen LogP contribution is 2.61. The van der Waals surface area contributed by atoms with Crippen LogP contribution >= 0.6 is 0 Å². The molecular formula is C32H28F15N3O3. The van der Waals surface area contributed by atoms with E-state index in [1.54, 1.807) is 24.3 Å². The van der Waals surface area contributed by atoms with Crippen LogP contribution in [-0.2, 0) is 10.7 Å². The van der Waals surface area contributed by atoms with Crippen LogP contribution in [0.15, 0.2) is 48.8 Å². The van der Waals surface area contributed by atoms with Gasteiger partial charge >= 0.3 is 41.7 Å². The molecule has 0 bridgehead atoms. The van der Waals surface area contributed by atoms with E-state index in [2.05, 4.69) is 26.6 Å². The smallest absolute Gasteiger partial charge is 0.460 e. The summed E-state index contributed by atoms with van der Waals surface area (Å²) in [5, 5.41) is 0. The van der Waals surface area contributed by atoms with Gasteiger partial charge in [-0.05, 0) is 49.1 Å². The summed E-state index contributed by atoms with van der Waals surface area (Å²) in [6, 6.07) is 8.26. The number of hydrogen-bond acceptors (Lipinski definition) is 6. The summed E-state index contributed by atoms with van der Waals surface area (Å²) in [6.07, 6.45) is -8.30. The number of hydrogen-bond donors (Lipinski definition) is 0. The average Bonchev–Trinajstić information content (AvgIpc) is 3.33. The van der Waals surface area contributed by atoms with Crippen LogP contribution in [0.2, 0.25) is 0 Å². The molecule has 1 aromatic carbocycles. The van der Waals surface area contributed by atoms with Gasteiger partial charge in [0.15, 0.2) is 17.6 Å². The summed E-state index contributed by atoms with van der Waals surface area (Å²) in [4.78, 5) is 11.5. The van der Waals surface area contributed by atoms with E-state index in [0.29, 0.717) is 42.8 Å². The zero-order valence-electron chi connectivity index (χ0n) is 27.1. The van der Waals surface area contributed by atoms with Crippen molar-refractivity contribution in [1.82, 2.24) is 15.0 Å². The van der Waals surface area contributed by atoms with Gasteiger partial charge in [-0.2, -0.15) is 65.9 Å². The Morgan fingerprint density at radius 3 is 1.83 bits per heavy atom. The van der Waals surface area contributed by atoms with Crippen molar-refractivity contribution in [2.75, 3.05) is 19.8 Å². The minimum absolute atomic E-state index is 0.334. The largest absolute Gasteiger partial charge is 0.494 e. The molecule has 0 saturated carbocycles. The quantitative estimate of drug-likeness (QED) is 0.100. The molecule has 1 atom stereocenters. The Morgan fingerprint density at radius 1 is 0.679 bits per heavy atom. The van der Waals surface area contributed by atoms with Gasteiger partial charge in [0, 0.05) is 31.2 Å². The summed E-state index contributed by atoms with van der Waals surface area (Å²) in [5.41, 5.74) is -0.970. The maximum Gasteiger partial charge on any atom is 0.460 e. The topological polar surface area (TPSA) is 66.4 Å². The third-order valence-electron chi connectivity index (χ3n) is 7.95. The highest BCUT2D eigenvalue weighted by atomic mass is 19.4. The summed E-state index contributed by atoms with van der Waals surface area (Å²) in [5.74, 6) is -44.5. The van der Waals surface area contributed by atoms with Gasteiger partial charge in [0.25, 0.3) is 0 Å². The normalized spacial score (nSPS) is 16.7. The molecule has 2 aromatic heterocycles. The van der Waals surface area contributed by atoms with Gasteiger partial charge < -0.3 is 14.2 Å². The lowest BCUT2D eigenvalue weighted by Crippen LogP contribution is -2.70. The molecule has 1 aliphatic rings. The van der Waals surface area contributed by atoms with Crippen LogP contribution in [0.4, 0.5) is 65.9 Å². The summed E-state index contributed by atoms with van der Waals surface area (Å²) in [7, 11) is 0. The fraction of sp³-hybridized carbons (Fsp3) is 0.531. The molecule has 0 N–H and O–H groups in total. The fourth-order valence-corrected chi connectivity index (χ4v) is 4.82. The van der Waals surface area contributed by atoms with Crippen LogP contribution in [0.5, 0.6) is 11.5 Å². The van der Waals surface area contributed by atoms with E-state index in [4.69, 9.17) is 9.47 Å². The molecule has 53 heavy (non-hydrogen) atoms. The van der Waals surface area contributed by atoms with Crippen molar-refractivity contribution in [3.8, 4) is 34.1 Å². The van der Waals surface area contributed by atoms with E-state index in [-0.39, 0.29) is 5.82 Å². The number of alkyl halides is 15. The number of pyridine rings is 1. The van der Waals surface area contributed by atoms with Gasteiger partial charge in [-0.25, -0.2) is 15.0 Å². The Labute approximate surface area is 290 Å². The summed E-state index contributed by atoms with van der Waals surface area (Å²) in [6.45, 7) is 3.84. The van der Waals surface area contributed by atoms with Gasteiger partial charge in [-0.15, -0.1) is 0 Å². The van der Waals surface area contributed by atoms with Crippen LogP contribution < -0.4 is 9.47 Å². The predicted octanol–water partition coefficient (Wildman–Crippen LogP) is 10.2. The Hall–Kier alpha value is -4.04. The first-order chi connectivity index (χ1) is 24.4. The molecule has 0 amide bonds. The highest BCUT2D eigenvalue weighted by Gasteiger charge is 2.91. The maximum atomic E-state index is 15.2. The summed E-state index contributed by atoms with van der Waals surface area (Å²) >= 11 is 0. The molecule has 3 heterocycles. The number of aromatic nitrogens is 3. The van der Waals surface area contributed by atoms with Crippen molar-refractivity contribution in [2.45, 2.75) is 86.8 Å². The van der Waals surface area contributed by atoms with Crippen LogP contribution in [0.3, 0.4) is 0 Å². The van der Waals surface area contributed by atoms with E-state index >= 15 is 8.78 Å². The predicted molar refractivity (Wildman–Crippen MR) is 155 cm³/mol. The number of rotatable bonds is 17. The zero-order valence-corrected chi connectivity index (χ0v) is 27.1. The van der Waals surface area contributed by atoms with Gasteiger partial charge in [0.2, 0.25) is 0 Å². The zero-order chi connectivity index (χ0) is 39.7. The number of benzene rings is 1. The lowest BCUT2D eigenvalue weighted by Gasteiger charge is -2.40. The minimum Gasteiger partial charge on any atom is -0.494 e. The first kappa shape index (κ1) is 41.7. The SMILES string of the molecule is CCCCOCCCCOc1ccc(-c2cnc(-c3ccc4c(n3)C(F)(F)C(CC(F)(F)C(F)(F)C(F)(F)C(F)(F)C(F)(F)C(F)(F)F)O4)nc2)cc1. The Bertz CT molecular complexity index is 1690. The van der Waals surface area contributed by atoms with Gasteiger partial charge in [-0.1, -0.05) is 25.5 Å². The number of unbranched alkanes of at least 4 members (excludes halogenated alkanes) is 2. The van der Waals surface area contributed by atoms with Gasteiger partial charge in [-0.3, -0.25) is 0 Å². The van der Waals surface area contributed by atoms with E-state index in [0.717, 1.165) is 31.7 Å². The lowest BCUT2D eigenvalue weighted by atomic mass is 9.90. The number of fused-ring (bicyclic) bond motifs is 1. The fourth-order valence-electron chi connectivity index (χ4n) is 4.82. The van der Waals surface area contributed by atoms with Crippen LogP contribution in [0, 0.1) is 0 Å². The molecule has 0 radical (unpaired) electrons. The molecule has 294 valence electrons. The van der Waals surface area contributed by atoms with Crippen molar-refractivity contribution in [1.29, 1.82) is 0 Å². The van der Waals surface area contributed by atoms with Crippen molar-refractivity contribution in [2.24, 2.45) is 0 Å². The molecule has 3 aromatic rings. The minimum atomic E-state index is -8.17. The number of ether oxygens (including phenoxy) is 3. The van der Waals surface area contributed by atoms with Crippen LogP contribution in [0.1, 0.15) is 44.7 Å². The van der Waals surface area contributed by atoms with Gasteiger partial charge in [0.1, 0.15) is 17.2 Å². The maximum absolute atomic E-state index is 15.2. The summed E-state index contributed by atoms with van der Waals surface area (Å²) < 4.78 is 221. The van der Waals surface area contributed by atoms with Crippen LogP contribution in [-0.4, -0.2) is 76.7 Å². The number of nitrogens with zero attached hydrogens (tertiary/aromatic N) is 3. The van der Waals surface area contributed by atoms with E-state index < -0.39 is 71.4 Å². The molecule has 6 nitrogen and oxygen atoms in total. The second-order valence-electron chi connectivity index (χ2n) is 11.8. The molecule has 0 saturated heterocycles. The molecule has 1 aliphatic heterocycles. The first-order valence-corrected chi connectivity index (χ1v) is 15.6. The third kappa shape index (κ3) is 7.94. The molecule has 21 heteroatoms. The van der Waals surface area contributed by atoms with E-state index in [1.165, 1.54) is 12.4 Å². The first-order valence-electron chi connectivity index (χ1n) is 15.6. The van der Waals surface area contributed by atoms with Crippen molar-refractivity contribution in [3.63, 3.8) is 0 Å². The number of halogens is 15. The van der Waals surface area contributed by atoms with Gasteiger partial charge in [0.05, 0.1) is 13.0 Å². The Balaban J connectivity index is 1.44.